The fraction of sp³-hybridized carbons (Fsp3) is 0.167. The maximum Gasteiger partial charge on any atom is 0.264 e. The lowest BCUT2D eigenvalue weighted by molar-refractivity contribution is 0.600. The van der Waals surface area contributed by atoms with E-state index in [0.29, 0.717) is 5.82 Å². The van der Waals surface area contributed by atoms with E-state index in [9.17, 15) is 8.42 Å². The monoisotopic (exact) mass is 278 g/mol. The Morgan fingerprint density at radius 3 is 2.21 bits per heavy atom. The molecule has 6 nitrogen and oxygen atoms in total. The van der Waals surface area contributed by atoms with Crippen LogP contribution in [0.25, 0.3) is 0 Å². The van der Waals surface area contributed by atoms with E-state index in [0.717, 1.165) is 5.56 Å². The fourth-order valence-corrected chi connectivity index (χ4v) is 2.36. The van der Waals surface area contributed by atoms with Gasteiger partial charge in [-0.2, -0.15) is 0 Å². The van der Waals surface area contributed by atoms with E-state index in [-0.39, 0.29) is 10.7 Å². The summed E-state index contributed by atoms with van der Waals surface area (Å²) in [6, 6.07) is 6.47. The maximum atomic E-state index is 12.1. The van der Waals surface area contributed by atoms with Gasteiger partial charge in [0.2, 0.25) is 0 Å². The number of nitrogens with zero attached hydrogens (tertiary/aromatic N) is 2. The summed E-state index contributed by atoms with van der Waals surface area (Å²) >= 11 is 0. The number of pyridine rings is 2. The number of nitrogens with one attached hydrogen (secondary N) is 2. The summed E-state index contributed by atoms with van der Waals surface area (Å²) in [5.41, 5.74) is 0.961. The minimum absolute atomic E-state index is 0.0916. The minimum Gasteiger partial charge on any atom is -0.373 e. The summed E-state index contributed by atoms with van der Waals surface area (Å²) in [4.78, 5) is 8.06. The Balaban J connectivity index is 2.24. The van der Waals surface area contributed by atoms with Gasteiger partial charge in [0.1, 0.15) is 16.5 Å². The molecule has 2 heterocycles. The number of hydrogen-bond acceptors (Lipinski definition) is 5. The van der Waals surface area contributed by atoms with Crippen LogP contribution in [0, 0.1) is 6.92 Å². The molecule has 0 aliphatic carbocycles. The number of anilines is 2. The molecule has 0 radical (unpaired) electrons. The zero-order valence-corrected chi connectivity index (χ0v) is 11.4. The number of aryl methyl sites for hydroxylation is 1. The van der Waals surface area contributed by atoms with Crippen LogP contribution in [0.5, 0.6) is 0 Å². The molecule has 2 rings (SSSR count). The Morgan fingerprint density at radius 2 is 1.68 bits per heavy atom. The molecular formula is C12H14N4O2S. The standard InChI is InChI=1S/C12H14N4O2S/c1-9-3-5-12(14-7-9)16-19(17,18)10-4-6-11(13-2)15-8-10/h3-8H,1-2H3,(H,13,15)(H,14,16). The van der Waals surface area contributed by atoms with Crippen molar-refractivity contribution < 1.29 is 8.42 Å². The first-order valence-corrected chi connectivity index (χ1v) is 7.09. The third-order valence-corrected chi connectivity index (χ3v) is 3.79. The van der Waals surface area contributed by atoms with Crippen LogP contribution in [0.15, 0.2) is 41.6 Å². The Hall–Kier alpha value is -2.15. The highest BCUT2D eigenvalue weighted by atomic mass is 32.2. The molecule has 0 saturated heterocycles. The fourth-order valence-electron chi connectivity index (χ4n) is 1.41. The molecule has 0 aromatic carbocycles. The van der Waals surface area contributed by atoms with Gasteiger partial charge in [0.05, 0.1) is 0 Å². The predicted molar refractivity (Wildman–Crippen MR) is 73.6 cm³/mol. The van der Waals surface area contributed by atoms with Crippen molar-refractivity contribution in [2.45, 2.75) is 11.8 Å². The molecule has 0 fully saturated rings. The highest BCUT2D eigenvalue weighted by molar-refractivity contribution is 7.92. The second kappa shape index (κ2) is 5.23. The molecule has 0 spiro atoms. The SMILES string of the molecule is CNc1ccc(S(=O)(=O)Nc2ccc(C)cn2)cn1. The molecule has 2 N–H and O–H groups in total. The average Bonchev–Trinajstić information content (AvgIpc) is 2.41. The number of rotatable bonds is 4. The van der Waals surface area contributed by atoms with E-state index < -0.39 is 10.0 Å². The topological polar surface area (TPSA) is 84.0 Å². The second-order valence-corrected chi connectivity index (χ2v) is 5.64. The third-order valence-electron chi connectivity index (χ3n) is 2.45. The maximum absolute atomic E-state index is 12.1. The lowest BCUT2D eigenvalue weighted by Crippen LogP contribution is -2.14. The first-order valence-electron chi connectivity index (χ1n) is 5.60. The van der Waals surface area contributed by atoms with Crippen molar-refractivity contribution in [3.63, 3.8) is 0 Å². The summed E-state index contributed by atoms with van der Waals surface area (Å²) < 4.78 is 26.5. The lowest BCUT2D eigenvalue weighted by atomic mass is 10.3. The molecule has 19 heavy (non-hydrogen) atoms. The normalized spacial score (nSPS) is 11.1. The van der Waals surface area contributed by atoms with Crippen molar-refractivity contribution >= 4 is 21.7 Å². The van der Waals surface area contributed by atoms with E-state index >= 15 is 0 Å². The molecule has 0 saturated carbocycles. The van der Waals surface area contributed by atoms with E-state index in [1.807, 2.05) is 6.92 Å². The molecule has 0 unspecified atom stereocenters. The predicted octanol–water partition coefficient (Wildman–Crippen LogP) is 1.63. The number of aromatic nitrogens is 2. The first-order chi connectivity index (χ1) is 9.01. The molecule has 0 amide bonds. The summed E-state index contributed by atoms with van der Waals surface area (Å²) in [5, 5.41) is 2.82. The first kappa shape index (κ1) is 13.3. The number of sulfonamides is 1. The van der Waals surface area contributed by atoms with Crippen molar-refractivity contribution in [2.24, 2.45) is 0 Å². The Bertz CT molecular complexity index is 651. The van der Waals surface area contributed by atoms with Crippen LogP contribution in [0.1, 0.15) is 5.56 Å². The van der Waals surface area contributed by atoms with Crippen molar-refractivity contribution in [3.05, 3.63) is 42.2 Å². The zero-order valence-electron chi connectivity index (χ0n) is 10.6. The molecule has 7 heteroatoms. The molecular weight excluding hydrogens is 264 g/mol. The van der Waals surface area contributed by atoms with E-state index in [4.69, 9.17) is 0 Å². The number of hydrogen-bond donors (Lipinski definition) is 2. The summed E-state index contributed by atoms with van der Waals surface area (Å²) in [5.74, 6) is 0.885. The van der Waals surface area contributed by atoms with Gasteiger partial charge in [0.15, 0.2) is 0 Å². The summed E-state index contributed by atoms with van der Waals surface area (Å²) in [6.45, 7) is 1.88. The largest absolute Gasteiger partial charge is 0.373 e. The van der Waals surface area contributed by atoms with Crippen molar-refractivity contribution in [3.8, 4) is 0 Å². The van der Waals surface area contributed by atoms with E-state index in [2.05, 4.69) is 20.0 Å². The van der Waals surface area contributed by atoms with Crippen LogP contribution in [-0.4, -0.2) is 25.4 Å². The van der Waals surface area contributed by atoms with Gasteiger partial charge in [0, 0.05) is 19.4 Å². The highest BCUT2D eigenvalue weighted by Gasteiger charge is 2.15. The van der Waals surface area contributed by atoms with Gasteiger partial charge in [-0.05, 0) is 30.7 Å². The van der Waals surface area contributed by atoms with Gasteiger partial charge in [0.25, 0.3) is 10.0 Å². The molecule has 0 bridgehead atoms. The van der Waals surface area contributed by atoms with Crippen LogP contribution in [0.2, 0.25) is 0 Å². The van der Waals surface area contributed by atoms with Crippen LogP contribution < -0.4 is 10.0 Å². The molecule has 0 aliphatic rings. The lowest BCUT2D eigenvalue weighted by Gasteiger charge is -2.07. The Morgan fingerprint density at radius 1 is 1.00 bits per heavy atom. The highest BCUT2D eigenvalue weighted by Crippen LogP contribution is 2.14. The van der Waals surface area contributed by atoms with E-state index in [1.165, 1.54) is 12.3 Å². The average molecular weight is 278 g/mol. The van der Waals surface area contributed by atoms with Gasteiger partial charge in [-0.15, -0.1) is 0 Å². The van der Waals surface area contributed by atoms with Crippen LogP contribution >= 0.6 is 0 Å². The van der Waals surface area contributed by atoms with Crippen molar-refractivity contribution in [1.29, 1.82) is 0 Å². The smallest absolute Gasteiger partial charge is 0.264 e. The van der Waals surface area contributed by atoms with Crippen LogP contribution in [0.3, 0.4) is 0 Å². The van der Waals surface area contributed by atoms with Gasteiger partial charge in [-0.1, -0.05) is 6.07 Å². The van der Waals surface area contributed by atoms with E-state index in [1.54, 1.807) is 31.4 Å². The van der Waals surface area contributed by atoms with Gasteiger partial charge >= 0.3 is 0 Å². The van der Waals surface area contributed by atoms with Gasteiger partial charge in [-0.25, -0.2) is 18.4 Å². The summed E-state index contributed by atoms with van der Waals surface area (Å²) in [7, 11) is -1.94. The van der Waals surface area contributed by atoms with Gasteiger partial charge in [-0.3, -0.25) is 4.72 Å². The van der Waals surface area contributed by atoms with Crippen molar-refractivity contribution in [2.75, 3.05) is 17.1 Å². The quantitative estimate of drug-likeness (QED) is 0.888. The molecule has 100 valence electrons. The molecule has 2 aromatic heterocycles. The summed E-state index contributed by atoms with van der Waals surface area (Å²) in [6.07, 6.45) is 2.89. The molecule has 0 atom stereocenters. The zero-order chi connectivity index (χ0) is 13.9. The molecule has 2 aromatic rings. The minimum atomic E-state index is -3.65. The van der Waals surface area contributed by atoms with Crippen molar-refractivity contribution in [1.82, 2.24) is 9.97 Å². The Labute approximate surface area is 112 Å². The molecule has 0 aliphatic heterocycles. The van der Waals surface area contributed by atoms with Crippen LogP contribution in [0.4, 0.5) is 11.6 Å². The van der Waals surface area contributed by atoms with Gasteiger partial charge < -0.3 is 5.32 Å². The Kier molecular flexibility index (Phi) is 3.66. The second-order valence-electron chi connectivity index (χ2n) is 3.96. The van der Waals surface area contributed by atoms with Crippen LogP contribution in [-0.2, 0) is 10.0 Å². The third kappa shape index (κ3) is 3.19.